The SMILES string of the molecule is Clc1cc(-c2cc3c4ccc5ccccc5c4n(-c4ccccc4)c3c3oc4ccccc4c23)cc(N(c2ccccc2)c2ccccc2)c1. The van der Waals surface area contributed by atoms with Crippen molar-refractivity contribution in [3.05, 3.63) is 181 Å². The van der Waals surface area contributed by atoms with Gasteiger partial charge in [-0.2, -0.15) is 0 Å². The lowest BCUT2D eigenvalue weighted by molar-refractivity contribution is 0.671. The molecule has 0 aliphatic carbocycles. The lowest BCUT2D eigenvalue weighted by Gasteiger charge is -2.26. The molecule has 0 unspecified atom stereocenters. The molecule has 0 saturated heterocycles. The zero-order valence-corrected chi connectivity index (χ0v) is 27.7. The molecule has 50 heavy (non-hydrogen) atoms. The van der Waals surface area contributed by atoms with Gasteiger partial charge >= 0.3 is 0 Å². The Morgan fingerprint density at radius 2 is 1.12 bits per heavy atom. The molecule has 0 atom stereocenters. The summed E-state index contributed by atoms with van der Waals surface area (Å²) in [6.07, 6.45) is 0. The number of rotatable bonds is 5. The van der Waals surface area contributed by atoms with Gasteiger partial charge in [0, 0.05) is 54.7 Å². The van der Waals surface area contributed by atoms with Crippen LogP contribution in [0.1, 0.15) is 0 Å². The number of aromatic nitrogens is 1. The summed E-state index contributed by atoms with van der Waals surface area (Å²) in [6.45, 7) is 0. The van der Waals surface area contributed by atoms with Crippen molar-refractivity contribution in [1.29, 1.82) is 0 Å². The van der Waals surface area contributed by atoms with E-state index in [4.69, 9.17) is 16.0 Å². The maximum absolute atomic E-state index is 7.07. The number of fused-ring (bicyclic) bond motifs is 9. The van der Waals surface area contributed by atoms with E-state index < -0.39 is 0 Å². The molecule has 0 aliphatic heterocycles. The molecule has 0 bridgehead atoms. The molecular weight excluding hydrogens is 632 g/mol. The van der Waals surface area contributed by atoms with Gasteiger partial charge in [-0.25, -0.2) is 0 Å². The van der Waals surface area contributed by atoms with Crippen molar-refractivity contribution < 1.29 is 4.42 Å². The fourth-order valence-electron chi connectivity index (χ4n) is 7.66. The van der Waals surface area contributed by atoms with Crippen LogP contribution in [0.2, 0.25) is 5.02 Å². The van der Waals surface area contributed by atoms with Crippen LogP contribution in [0.4, 0.5) is 17.1 Å². The first-order valence-corrected chi connectivity index (χ1v) is 17.2. The number of hydrogen-bond acceptors (Lipinski definition) is 2. The lowest BCUT2D eigenvalue weighted by atomic mass is 9.95. The van der Waals surface area contributed by atoms with E-state index in [9.17, 15) is 0 Å². The normalized spacial score (nSPS) is 11.7. The van der Waals surface area contributed by atoms with Gasteiger partial charge in [0.15, 0.2) is 5.58 Å². The summed E-state index contributed by atoms with van der Waals surface area (Å²) in [4.78, 5) is 2.26. The Hall–Kier alpha value is -6.29. The van der Waals surface area contributed by atoms with Gasteiger partial charge in [0.2, 0.25) is 0 Å². The van der Waals surface area contributed by atoms with Crippen molar-refractivity contribution in [3.63, 3.8) is 0 Å². The largest absolute Gasteiger partial charge is 0.454 e. The minimum atomic E-state index is 0.660. The molecule has 0 saturated carbocycles. The second-order valence-electron chi connectivity index (χ2n) is 12.7. The summed E-state index contributed by atoms with van der Waals surface area (Å²) in [5.41, 5.74) is 10.2. The van der Waals surface area contributed by atoms with Crippen LogP contribution in [0.25, 0.3) is 71.3 Å². The molecule has 0 fully saturated rings. The zero-order chi connectivity index (χ0) is 33.2. The van der Waals surface area contributed by atoms with E-state index in [1.165, 1.54) is 16.2 Å². The van der Waals surface area contributed by atoms with Crippen molar-refractivity contribution in [2.24, 2.45) is 0 Å². The van der Waals surface area contributed by atoms with Gasteiger partial charge in [0.1, 0.15) is 5.58 Å². The minimum Gasteiger partial charge on any atom is -0.454 e. The lowest BCUT2D eigenvalue weighted by Crippen LogP contribution is -2.09. The van der Waals surface area contributed by atoms with Gasteiger partial charge in [-0.05, 0) is 83.2 Å². The second kappa shape index (κ2) is 11.4. The molecule has 8 aromatic carbocycles. The molecule has 236 valence electrons. The van der Waals surface area contributed by atoms with Crippen LogP contribution in [0.15, 0.2) is 180 Å². The summed E-state index contributed by atoms with van der Waals surface area (Å²) < 4.78 is 9.30. The fraction of sp³-hybridized carbons (Fsp3) is 0. The Morgan fingerprint density at radius 3 is 1.86 bits per heavy atom. The van der Waals surface area contributed by atoms with Crippen molar-refractivity contribution in [2.75, 3.05) is 4.90 Å². The quantitative estimate of drug-likeness (QED) is 0.183. The number of nitrogens with zero attached hydrogens (tertiary/aromatic N) is 2. The van der Waals surface area contributed by atoms with Crippen molar-refractivity contribution >= 4 is 83.2 Å². The molecule has 10 aromatic rings. The molecule has 0 amide bonds. The average molecular weight is 661 g/mol. The van der Waals surface area contributed by atoms with E-state index in [0.717, 1.165) is 72.2 Å². The van der Waals surface area contributed by atoms with Gasteiger partial charge in [0.05, 0.1) is 11.0 Å². The van der Waals surface area contributed by atoms with Crippen molar-refractivity contribution in [3.8, 4) is 16.8 Å². The molecule has 0 N–H and O–H groups in total. The van der Waals surface area contributed by atoms with Crippen LogP contribution in [-0.4, -0.2) is 4.57 Å². The van der Waals surface area contributed by atoms with Gasteiger partial charge in [-0.3, -0.25) is 0 Å². The average Bonchev–Trinajstić information content (AvgIpc) is 3.72. The first-order chi connectivity index (χ1) is 24.7. The van der Waals surface area contributed by atoms with Crippen LogP contribution >= 0.6 is 11.6 Å². The third-order valence-corrected chi connectivity index (χ3v) is 9.97. The molecular formula is C46H29ClN2O. The Labute approximate surface area is 293 Å². The summed E-state index contributed by atoms with van der Waals surface area (Å²) in [7, 11) is 0. The maximum Gasteiger partial charge on any atom is 0.160 e. The van der Waals surface area contributed by atoms with Crippen LogP contribution in [0.5, 0.6) is 0 Å². The highest BCUT2D eigenvalue weighted by molar-refractivity contribution is 6.32. The molecule has 4 heteroatoms. The van der Waals surface area contributed by atoms with Crippen LogP contribution in [0, 0.1) is 0 Å². The first-order valence-electron chi connectivity index (χ1n) is 16.8. The van der Waals surface area contributed by atoms with Gasteiger partial charge in [-0.1, -0.05) is 121 Å². The molecule has 0 radical (unpaired) electrons. The molecule has 0 spiro atoms. The Bertz CT molecular complexity index is 2830. The summed E-state index contributed by atoms with van der Waals surface area (Å²) in [5.74, 6) is 0. The minimum absolute atomic E-state index is 0.660. The van der Waals surface area contributed by atoms with Crippen molar-refractivity contribution in [1.82, 2.24) is 4.57 Å². The molecule has 2 heterocycles. The standard InChI is InChI=1S/C46H29ClN2O/c47-32-26-31(27-36(28-32)48(33-15-4-1-5-16-33)34-17-6-2-7-18-34)40-29-41-38-25-24-30-14-10-11-21-37(30)44(38)49(35-19-8-3-9-20-35)45(41)46-43(40)39-22-12-13-23-42(39)50-46/h1-29H. The van der Waals surface area contributed by atoms with E-state index in [1.54, 1.807) is 0 Å². The third-order valence-electron chi connectivity index (χ3n) is 9.76. The van der Waals surface area contributed by atoms with E-state index >= 15 is 0 Å². The highest BCUT2D eigenvalue weighted by Crippen LogP contribution is 2.48. The van der Waals surface area contributed by atoms with Crippen LogP contribution in [0.3, 0.4) is 0 Å². The van der Waals surface area contributed by atoms with Gasteiger partial charge < -0.3 is 13.9 Å². The Balaban J connectivity index is 1.34. The summed E-state index contributed by atoms with van der Waals surface area (Å²) in [5, 5.41) is 7.48. The monoisotopic (exact) mass is 660 g/mol. The number of hydrogen-bond donors (Lipinski definition) is 0. The highest BCUT2D eigenvalue weighted by atomic mass is 35.5. The predicted octanol–water partition coefficient (Wildman–Crippen LogP) is 13.6. The molecule has 0 aliphatic rings. The number of furan rings is 1. The van der Waals surface area contributed by atoms with Crippen LogP contribution < -0.4 is 4.90 Å². The van der Waals surface area contributed by atoms with Gasteiger partial charge in [0.25, 0.3) is 0 Å². The van der Waals surface area contributed by atoms with Gasteiger partial charge in [-0.15, -0.1) is 0 Å². The number of para-hydroxylation sites is 4. The number of benzene rings is 8. The summed E-state index contributed by atoms with van der Waals surface area (Å²) >= 11 is 7.07. The molecule has 10 rings (SSSR count). The highest BCUT2D eigenvalue weighted by Gasteiger charge is 2.24. The van der Waals surface area contributed by atoms with E-state index in [0.29, 0.717) is 5.02 Å². The smallest absolute Gasteiger partial charge is 0.160 e. The van der Waals surface area contributed by atoms with E-state index in [2.05, 4.69) is 161 Å². The predicted molar refractivity (Wildman–Crippen MR) is 211 cm³/mol. The molecule has 3 nitrogen and oxygen atoms in total. The van der Waals surface area contributed by atoms with E-state index in [1.807, 2.05) is 24.3 Å². The maximum atomic E-state index is 7.07. The van der Waals surface area contributed by atoms with Crippen LogP contribution in [-0.2, 0) is 0 Å². The fourth-order valence-corrected chi connectivity index (χ4v) is 7.89. The zero-order valence-electron chi connectivity index (χ0n) is 26.9. The topological polar surface area (TPSA) is 21.3 Å². The van der Waals surface area contributed by atoms with E-state index in [-0.39, 0.29) is 0 Å². The Kier molecular flexibility index (Phi) is 6.55. The second-order valence-corrected chi connectivity index (χ2v) is 13.1. The molecule has 2 aromatic heterocycles. The summed E-state index contributed by atoms with van der Waals surface area (Å²) in [6, 6.07) is 61.7. The first kappa shape index (κ1) is 28.7. The Morgan fingerprint density at radius 1 is 0.480 bits per heavy atom. The number of halogens is 1. The number of anilines is 3. The van der Waals surface area contributed by atoms with Crippen molar-refractivity contribution in [2.45, 2.75) is 0 Å². The third kappa shape index (κ3) is 4.44.